The van der Waals surface area contributed by atoms with E-state index in [0.29, 0.717) is 27.9 Å². The van der Waals surface area contributed by atoms with Gasteiger partial charge in [-0.05, 0) is 17.7 Å². The molecule has 3 rings (SSSR count). The van der Waals surface area contributed by atoms with Crippen molar-refractivity contribution in [2.45, 2.75) is 6.18 Å². The molecule has 0 atom stereocenters. The maximum absolute atomic E-state index is 13.3. The van der Waals surface area contributed by atoms with E-state index in [1.165, 1.54) is 33.7 Å². The first-order valence-electron chi connectivity index (χ1n) is 9.53. The number of carbonyl (C=O) groups is 1. The number of nitrogens with zero attached hydrogens (tertiary/aromatic N) is 4. The maximum atomic E-state index is 13.3. The Labute approximate surface area is 187 Å². The Kier molecular flexibility index (Phi) is 7.11. The van der Waals surface area contributed by atoms with Crippen molar-refractivity contribution >= 4 is 24.0 Å². The molecule has 1 amide bonds. The molecular formula is C22H20F3N5O3. The van der Waals surface area contributed by atoms with Crippen LogP contribution >= 0.6 is 0 Å². The van der Waals surface area contributed by atoms with Gasteiger partial charge in [-0.1, -0.05) is 40.6 Å². The maximum Gasteiger partial charge on any atom is 0.435 e. The summed E-state index contributed by atoms with van der Waals surface area (Å²) in [5.74, 6) is -0.923. The number of aryl methyl sites for hydroxylation is 1. The molecule has 33 heavy (non-hydrogen) atoms. The molecule has 1 heterocycles. The highest BCUT2D eigenvalue weighted by molar-refractivity contribution is 6.07. The van der Waals surface area contributed by atoms with Gasteiger partial charge in [0.05, 0.1) is 18.0 Å². The average molecular weight is 459 g/mol. The molecule has 0 bridgehead atoms. The third-order valence-electron chi connectivity index (χ3n) is 4.51. The zero-order valence-electron chi connectivity index (χ0n) is 17.9. The lowest BCUT2D eigenvalue weighted by atomic mass is 9.98. The van der Waals surface area contributed by atoms with Crippen LogP contribution in [0.15, 0.2) is 59.0 Å². The molecule has 3 aromatic rings. The molecule has 8 nitrogen and oxygen atoms in total. The van der Waals surface area contributed by atoms with E-state index >= 15 is 0 Å². The summed E-state index contributed by atoms with van der Waals surface area (Å²) < 4.78 is 40.8. The summed E-state index contributed by atoms with van der Waals surface area (Å²) >= 11 is 0. The van der Waals surface area contributed by atoms with Crippen LogP contribution in [0, 0.1) is 0 Å². The molecule has 0 saturated heterocycles. The van der Waals surface area contributed by atoms with Crippen LogP contribution in [-0.4, -0.2) is 42.3 Å². The summed E-state index contributed by atoms with van der Waals surface area (Å²) in [6.45, 7) is 0. The molecule has 0 aliphatic carbocycles. The lowest BCUT2D eigenvalue weighted by Crippen LogP contribution is -2.18. The van der Waals surface area contributed by atoms with E-state index in [-0.39, 0.29) is 0 Å². The second-order valence-electron chi connectivity index (χ2n) is 6.74. The minimum atomic E-state index is -4.76. The lowest BCUT2D eigenvalue weighted by molar-refractivity contribution is -0.141. The highest BCUT2D eigenvalue weighted by atomic mass is 19.4. The SMILES string of the molecule is CON=Cc1ccc(-c2ccccc2NC(=O)c2cn(C)nc2C(F)(F)F)cc1C=NOC. The second-order valence-corrected chi connectivity index (χ2v) is 6.74. The zero-order valence-corrected chi connectivity index (χ0v) is 17.9. The Morgan fingerprint density at radius 2 is 1.73 bits per heavy atom. The third-order valence-corrected chi connectivity index (χ3v) is 4.51. The molecule has 0 aliphatic rings. The normalized spacial score (nSPS) is 11.8. The first-order valence-corrected chi connectivity index (χ1v) is 9.53. The van der Waals surface area contributed by atoms with Crippen LogP contribution in [0.1, 0.15) is 27.2 Å². The number of anilines is 1. The zero-order chi connectivity index (χ0) is 24.0. The smallest absolute Gasteiger partial charge is 0.399 e. The molecule has 172 valence electrons. The summed E-state index contributed by atoms with van der Waals surface area (Å²) in [7, 11) is 4.14. The molecule has 11 heteroatoms. The highest BCUT2D eigenvalue weighted by Gasteiger charge is 2.39. The van der Waals surface area contributed by atoms with E-state index in [0.717, 1.165) is 10.9 Å². The van der Waals surface area contributed by atoms with E-state index in [2.05, 4.69) is 20.7 Å². The standard InChI is InChI=1S/C22H20F3N5O3/c1-30-13-18(20(29-30)22(23,24)25)21(31)28-19-7-5-4-6-17(19)14-8-9-15(11-26-32-2)16(10-14)12-27-33-3/h4-13H,1-3H3,(H,28,31). The summed E-state index contributed by atoms with van der Waals surface area (Å²) in [6, 6.07) is 12.1. The number of halogens is 3. The van der Waals surface area contributed by atoms with E-state index in [1.807, 2.05) is 0 Å². The van der Waals surface area contributed by atoms with Crippen LogP contribution in [0.2, 0.25) is 0 Å². The Morgan fingerprint density at radius 1 is 1.06 bits per heavy atom. The molecular weight excluding hydrogens is 439 g/mol. The summed E-state index contributed by atoms with van der Waals surface area (Å²) in [5, 5.41) is 13.5. The first kappa shape index (κ1) is 23.5. The molecule has 0 spiro atoms. The van der Waals surface area contributed by atoms with Crippen molar-refractivity contribution < 1.29 is 27.6 Å². The molecule has 0 unspecified atom stereocenters. The summed E-state index contributed by atoms with van der Waals surface area (Å²) in [4.78, 5) is 22.2. The highest BCUT2D eigenvalue weighted by Crippen LogP contribution is 2.33. The van der Waals surface area contributed by atoms with E-state index in [4.69, 9.17) is 9.68 Å². The Hall–Kier alpha value is -4.15. The van der Waals surface area contributed by atoms with Crippen LogP contribution in [0.5, 0.6) is 0 Å². The predicted molar refractivity (Wildman–Crippen MR) is 117 cm³/mol. The van der Waals surface area contributed by atoms with Gasteiger partial charge < -0.3 is 15.0 Å². The second kappa shape index (κ2) is 9.98. The van der Waals surface area contributed by atoms with E-state index in [9.17, 15) is 18.0 Å². The number of benzene rings is 2. The van der Waals surface area contributed by atoms with Gasteiger partial charge in [-0.25, -0.2) is 0 Å². The lowest BCUT2D eigenvalue weighted by Gasteiger charge is -2.13. The molecule has 1 N–H and O–H groups in total. The Balaban J connectivity index is 2.00. The average Bonchev–Trinajstić information content (AvgIpc) is 3.19. The van der Waals surface area contributed by atoms with Crippen molar-refractivity contribution in [3.63, 3.8) is 0 Å². The monoisotopic (exact) mass is 459 g/mol. The summed E-state index contributed by atoms with van der Waals surface area (Å²) in [5.41, 5.74) is 1.10. The number of para-hydroxylation sites is 1. The van der Waals surface area contributed by atoms with Gasteiger partial charge in [0.2, 0.25) is 0 Å². The topological polar surface area (TPSA) is 90.1 Å². The number of carbonyl (C=O) groups excluding carboxylic acids is 1. The van der Waals surface area contributed by atoms with Crippen molar-refractivity contribution in [2.24, 2.45) is 17.4 Å². The number of hydrogen-bond donors (Lipinski definition) is 1. The van der Waals surface area contributed by atoms with Crippen LogP contribution in [0.4, 0.5) is 18.9 Å². The van der Waals surface area contributed by atoms with Crippen molar-refractivity contribution in [1.29, 1.82) is 0 Å². The number of amides is 1. The molecule has 2 aromatic carbocycles. The fourth-order valence-electron chi connectivity index (χ4n) is 3.09. The van der Waals surface area contributed by atoms with Gasteiger partial charge in [-0.15, -0.1) is 0 Å². The van der Waals surface area contributed by atoms with Crippen LogP contribution in [0.3, 0.4) is 0 Å². The van der Waals surface area contributed by atoms with Crippen molar-refractivity contribution in [3.05, 3.63) is 71.0 Å². The van der Waals surface area contributed by atoms with Crippen molar-refractivity contribution in [3.8, 4) is 11.1 Å². The minimum absolute atomic E-state index is 0.326. The molecule has 0 aliphatic heterocycles. The predicted octanol–water partition coefficient (Wildman–Crippen LogP) is 4.32. The number of rotatable bonds is 7. The van der Waals surface area contributed by atoms with Crippen LogP contribution in [0.25, 0.3) is 11.1 Å². The largest absolute Gasteiger partial charge is 0.435 e. The molecule has 1 aromatic heterocycles. The van der Waals surface area contributed by atoms with Gasteiger partial charge in [-0.2, -0.15) is 18.3 Å². The van der Waals surface area contributed by atoms with Gasteiger partial charge in [0, 0.05) is 35.6 Å². The molecule has 0 saturated carbocycles. The number of nitrogens with one attached hydrogen (secondary N) is 1. The fraction of sp³-hybridized carbons (Fsp3) is 0.182. The van der Waals surface area contributed by atoms with Crippen molar-refractivity contribution in [2.75, 3.05) is 19.5 Å². The number of oxime groups is 2. The van der Waals surface area contributed by atoms with Gasteiger partial charge in [0.15, 0.2) is 5.69 Å². The Bertz CT molecular complexity index is 1200. The number of hydrogen-bond acceptors (Lipinski definition) is 6. The fourth-order valence-corrected chi connectivity index (χ4v) is 3.09. The number of aromatic nitrogens is 2. The molecule has 0 radical (unpaired) electrons. The van der Waals surface area contributed by atoms with E-state index in [1.54, 1.807) is 42.5 Å². The Morgan fingerprint density at radius 3 is 2.39 bits per heavy atom. The quantitative estimate of drug-likeness (QED) is 0.421. The van der Waals surface area contributed by atoms with Crippen LogP contribution < -0.4 is 5.32 Å². The van der Waals surface area contributed by atoms with E-state index < -0.39 is 23.3 Å². The van der Waals surface area contributed by atoms with Gasteiger partial charge in [0.1, 0.15) is 14.2 Å². The van der Waals surface area contributed by atoms with Gasteiger partial charge in [-0.3, -0.25) is 9.48 Å². The molecule has 0 fully saturated rings. The third kappa shape index (κ3) is 5.56. The number of alkyl halides is 3. The first-order chi connectivity index (χ1) is 15.7. The van der Waals surface area contributed by atoms with Gasteiger partial charge >= 0.3 is 6.18 Å². The minimum Gasteiger partial charge on any atom is -0.399 e. The van der Waals surface area contributed by atoms with Crippen molar-refractivity contribution in [1.82, 2.24) is 9.78 Å². The van der Waals surface area contributed by atoms with Crippen LogP contribution in [-0.2, 0) is 22.9 Å². The van der Waals surface area contributed by atoms with Gasteiger partial charge in [0.25, 0.3) is 5.91 Å². The summed E-state index contributed by atoms with van der Waals surface area (Å²) in [6.07, 6.45) is -0.755.